The van der Waals surface area contributed by atoms with Crippen LogP contribution < -0.4 is 16.0 Å². The fraction of sp³-hybridized carbons (Fsp3) is 0.136. The maximum atomic E-state index is 13.1. The average Bonchev–Trinajstić information content (AvgIpc) is 3.24. The molecule has 0 aliphatic carbocycles. The second kappa shape index (κ2) is 8.88. The highest BCUT2D eigenvalue weighted by Crippen LogP contribution is 2.29. The zero-order valence-corrected chi connectivity index (χ0v) is 17.8. The Kier molecular flexibility index (Phi) is 5.85. The number of nitrogens with one attached hydrogen (secondary N) is 3. The van der Waals surface area contributed by atoms with E-state index in [1.807, 2.05) is 36.6 Å². The molecule has 8 nitrogen and oxygen atoms in total. The van der Waals surface area contributed by atoms with Gasteiger partial charge in [0.2, 0.25) is 0 Å². The van der Waals surface area contributed by atoms with Crippen LogP contribution in [0.2, 0.25) is 0 Å². The number of rotatable bonds is 6. The lowest BCUT2D eigenvalue weighted by molar-refractivity contribution is 0.0961. The Labute approximate surface area is 182 Å². The van der Waals surface area contributed by atoms with E-state index < -0.39 is 0 Å². The number of hydrogen-bond acceptors (Lipinski definition) is 7. The quantitative estimate of drug-likeness (QED) is 0.425. The second-order valence-electron chi connectivity index (χ2n) is 6.63. The zero-order valence-electron chi connectivity index (χ0n) is 17.0. The summed E-state index contributed by atoms with van der Waals surface area (Å²) in [6.07, 6.45) is 5.32. The molecule has 1 aromatic carbocycles. The summed E-state index contributed by atoms with van der Waals surface area (Å²) >= 11 is 1.50. The lowest BCUT2D eigenvalue weighted by Crippen LogP contribution is -2.20. The van der Waals surface area contributed by atoms with Gasteiger partial charge in [-0.1, -0.05) is 25.1 Å². The predicted molar refractivity (Wildman–Crippen MR) is 122 cm³/mol. The summed E-state index contributed by atoms with van der Waals surface area (Å²) in [4.78, 5) is 38.2. The highest BCUT2D eigenvalue weighted by molar-refractivity contribution is 7.17. The molecular formula is C22H20N6O2S. The minimum atomic E-state index is -0.302. The van der Waals surface area contributed by atoms with Crippen LogP contribution in [0.5, 0.6) is 0 Å². The molecule has 3 aromatic heterocycles. The summed E-state index contributed by atoms with van der Waals surface area (Å²) in [6, 6.07) is 9.30. The molecule has 156 valence electrons. The van der Waals surface area contributed by atoms with E-state index in [1.54, 1.807) is 18.5 Å². The Balaban J connectivity index is 1.71. The topological polar surface area (TPSA) is 109 Å². The van der Waals surface area contributed by atoms with Crippen molar-refractivity contribution in [2.75, 3.05) is 17.7 Å². The van der Waals surface area contributed by atoms with Crippen LogP contribution in [0.1, 0.15) is 33.3 Å². The lowest BCUT2D eigenvalue weighted by Gasteiger charge is -2.14. The third-order valence-electron chi connectivity index (χ3n) is 4.70. The van der Waals surface area contributed by atoms with Crippen LogP contribution in [-0.4, -0.2) is 33.8 Å². The number of aromatic nitrogens is 3. The molecule has 0 fully saturated rings. The van der Waals surface area contributed by atoms with E-state index in [2.05, 4.69) is 30.9 Å². The van der Waals surface area contributed by atoms with Crippen LogP contribution in [0.4, 0.5) is 17.3 Å². The normalized spacial score (nSPS) is 10.6. The molecule has 3 N–H and O–H groups in total. The monoisotopic (exact) mass is 432 g/mol. The molecular weight excluding hydrogens is 412 g/mol. The lowest BCUT2D eigenvalue weighted by atomic mass is 10.1. The number of fused-ring (bicyclic) bond motifs is 1. The summed E-state index contributed by atoms with van der Waals surface area (Å²) in [5.74, 6) is 0.327. The number of anilines is 3. The first-order valence-electron chi connectivity index (χ1n) is 9.67. The molecule has 0 saturated heterocycles. The molecule has 0 aliphatic rings. The fourth-order valence-electron chi connectivity index (χ4n) is 3.11. The highest BCUT2D eigenvalue weighted by atomic mass is 32.1. The molecule has 4 aromatic rings. The summed E-state index contributed by atoms with van der Waals surface area (Å²) in [5, 5.41) is 11.3. The van der Waals surface area contributed by atoms with Crippen molar-refractivity contribution in [2.45, 2.75) is 13.3 Å². The molecule has 0 spiro atoms. The number of pyridine rings is 1. The van der Waals surface area contributed by atoms with Gasteiger partial charge in [0, 0.05) is 41.1 Å². The van der Waals surface area contributed by atoms with Crippen molar-refractivity contribution in [1.82, 2.24) is 20.3 Å². The summed E-state index contributed by atoms with van der Waals surface area (Å²) in [5.41, 5.74) is 2.02. The van der Waals surface area contributed by atoms with Crippen LogP contribution in [0.15, 0.2) is 54.3 Å². The Hall–Kier alpha value is -3.85. The largest absolute Gasteiger partial charge is 0.355 e. The number of carbonyl (C=O) groups is 2. The summed E-state index contributed by atoms with van der Waals surface area (Å²) in [6.45, 7) is 1.97. The predicted octanol–water partition coefficient (Wildman–Crippen LogP) is 4.00. The number of aryl methyl sites for hydroxylation is 1. The molecule has 0 saturated carbocycles. The molecule has 9 heteroatoms. The SMILES string of the molecule is CCc1nccnc1Nc1ncc(C(=O)NC)cc1NC(=O)c1csc2ccccc12. The molecule has 4 rings (SSSR count). The Morgan fingerprint density at radius 3 is 2.65 bits per heavy atom. The highest BCUT2D eigenvalue weighted by Gasteiger charge is 2.17. The molecule has 0 aliphatic heterocycles. The summed E-state index contributed by atoms with van der Waals surface area (Å²) < 4.78 is 1.02. The van der Waals surface area contributed by atoms with Crippen LogP contribution in [-0.2, 0) is 6.42 Å². The first-order valence-corrected chi connectivity index (χ1v) is 10.5. The number of amides is 2. The molecule has 0 atom stereocenters. The van der Waals surface area contributed by atoms with Crippen molar-refractivity contribution in [3.63, 3.8) is 0 Å². The third kappa shape index (κ3) is 4.22. The maximum absolute atomic E-state index is 13.1. The van der Waals surface area contributed by atoms with E-state index in [9.17, 15) is 9.59 Å². The zero-order chi connectivity index (χ0) is 21.8. The number of hydrogen-bond donors (Lipinski definition) is 3. The van der Waals surface area contributed by atoms with Gasteiger partial charge < -0.3 is 16.0 Å². The molecule has 0 radical (unpaired) electrons. The molecule has 31 heavy (non-hydrogen) atoms. The van der Waals surface area contributed by atoms with Crippen molar-refractivity contribution in [3.8, 4) is 0 Å². The Bertz CT molecular complexity index is 1270. The van der Waals surface area contributed by atoms with Gasteiger partial charge in [-0.05, 0) is 18.6 Å². The van der Waals surface area contributed by atoms with Gasteiger partial charge in [-0.2, -0.15) is 0 Å². The standard InChI is InChI=1S/C22H20N6O2S/c1-3-16-19(25-9-8-24-16)28-20-17(10-13(11-26-20)21(29)23-2)27-22(30)15-12-31-18-7-5-4-6-14(15)18/h4-12H,3H2,1-2H3,(H,23,29)(H,27,30)(H,25,26,28). The molecule has 0 unspecified atom stereocenters. The fourth-order valence-corrected chi connectivity index (χ4v) is 4.05. The minimum Gasteiger partial charge on any atom is -0.355 e. The molecule has 3 heterocycles. The maximum Gasteiger partial charge on any atom is 0.257 e. The summed E-state index contributed by atoms with van der Waals surface area (Å²) in [7, 11) is 1.54. The number of benzene rings is 1. The van der Waals surface area contributed by atoms with Crippen molar-refractivity contribution in [3.05, 3.63) is 71.1 Å². The van der Waals surface area contributed by atoms with Gasteiger partial charge in [0.05, 0.1) is 22.5 Å². The smallest absolute Gasteiger partial charge is 0.257 e. The van der Waals surface area contributed by atoms with Crippen LogP contribution in [0, 0.1) is 0 Å². The van der Waals surface area contributed by atoms with E-state index in [-0.39, 0.29) is 11.8 Å². The first-order chi connectivity index (χ1) is 15.1. The van der Waals surface area contributed by atoms with Crippen molar-refractivity contribution in [2.24, 2.45) is 0 Å². The van der Waals surface area contributed by atoms with E-state index in [0.29, 0.717) is 34.9 Å². The van der Waals surface area contributed by atoms with E-state index in [4.69, 9.17) is 0 Å². The Morgan fingerprint density at radius 2 is 1.84 bits per heavy atom. The van der Waals surface area contributed by atoms with Gasteiger partial charge in [0.25, 0.3) is 11.8 Å². The Morgan fingerprint density at radius 1 is 1.03 bits per heavy atom. The number of thiophene rings is 1. The molecule has 0 bridgehead atoms. The van der Waals surface area contributed by atoms with Crippen molar-refractivity contribution >= 4 is 50.6 Å². The van der Waals surface area contributed by atoms with Crippen molar-refractivity contribution in [1.29, 1.82) is 0 Å². The molecule has 2 amide bonds. The average molecular weight is 433 g/mol. The number of nitrogens with zero attached hydrogens (tertiary/aromatic N) is 3. The van der Waals surface area contributed by atoms with Crippen LogP contribution >= 0.6 is 11.3 Å². The second-order valence-corrected chi connectivity index (χ2v) is 7.54. The van der Waals surface area contributed by atoms with Gasteiger partial charge in [-0.15, -0.1) is 11.3 Å². The van der Waals surface area contributed by atoms with E-state index in [1.165, 1.54) is 24.6 Å². The van der Waals surface area contributed by atoms with Gasteiger partial charge >= 0.3 is 0 Å². The third-order valence-corrected chi connectivity index (χ3v) is 5.66. The first kappa shape index (κ1) is 20.4. The van der Waals surface area contributed by atoms with E-state index in [0.717, 1.165) is 15.8 Å². The van der Waals surface area contributed by atoms with E-state index >= 15 is 0 Å². The van der Waals surface area contributed by atoms with Gasteiger partial charge in [-0.25, -0.2) is 9.97 Å². The van der Waals surface area contributed by atoms with Crippen molar-refractivity contribution < 1.29 is 9.59 Å². The van der Waals surface area contributed by atoms with Crippen LogP contribution in [0.3, 0.4) is 0 Å². The number of carbonyl (C=O) groups excluding carboxylic acids is 2. The minimum absolute atomic E-state index is 0.286. The van der Waals surface area contributed by atoms with Crippen LogP contribution in [0.25, 0.3) is 10.1 Å². The van der Waals surface area contributed by atoms with Gasteiger partial charge in [0.15, 0.2) is 11.6 Å². The van der Waals surface area contributed by atoms with Gasteiger partial charge in [0.1, 0.15) is 0 Å². The van der Waals surface area contributed by atoms with Gasteiger partial charge in [-0.3, -0.25) is 14.6 Å².